The van der Waals surface area contributed by atoms with E-state index in [0.717, 1.165) is 5.56 Å². The van der Waals surface area contributed by atoms with E-state index in [0.29, 0.717) is 28.1 Å². The average molecular weight is 773 g/mol. The van der Waals surface area contributed by atoms with Crippen molar-refractivity contribution in [1.82, 2.24) is 45.9 Å². The molecule has 4 N–H and O–H groups in total. The van der Waals surface area contributed by atoms with Crippen LogP contribution >= 0.6 is 0 Å². The van der Waals surface area contributed by atoms with Crippen molar-refractivity contribution in [1.29, 1.82) is 0 Å². The molecule has 0 saturated heterocycles. The van der Waals surface area contributed by atoms with Crippen molar-refractivity contribution in [2.75, 3.05) is 25.0 Å². The number of hydrogen-bond donors (Lipinski definition) is 4. The molecular formula is C34H32N10O10S. The molecule has 0 amide bonds. The van der Waals surface area contributed by atoms with E-state index in [9.17, 15) is 13.2 Å². The molecule has 0 spiro atoms. The topological polar surface area (TPSA) is 259 Å². The maximum absolute atomic E-state index is 13.7. The molecule has 0 radical (unpaired) electrons. The maximum atomic E-state index is 13.7. The molecule has 4 aromatic heterocycles. The van der Waals surface area contributed by atoms with Gasteiger partial charge in [-0.15, -0.1) is 10.2 Å². The number of anilines is 1. The predicted octanol–water partition coefficient (Wildman–Crippen LogP) is 3.70. The number of nitrogens with zero attached hydrogens (tertiary/aromatic N) is 8. The number of aryl methyl sites for hydroxylation is 1. The zero-order valence-electron chi connectivity index (χ0n) is 29.1. The van der Waals surface area contributed by atoms with Crippen LogP contribution < -0.4 is 18.9 Å². The molecule has 0 aliphatic carbocycles. The first-order valence-electron chi connectivity index (χ1n) is 16.1. The van der Waals surface area contributed by atoms with E-state index in [1.807, 2.05) is 0 Å². The summed E-state index contributed by atoms with van der Waals surface area (Å²) in [6, 6.07) is 19.4. The smallest absolute Gasteiger partial charge is 0.310 e. The Morgan fingerprint density at radius 1 is 0.927 bits per heavy atom. The van der Waals surface area contributed by atoms with Crippen LogP contribution in [0, 0.1) is 6.92 Å². The van der Waals surface area contributed by atoms with Crippen LogP contribution in [0.2, 0.25) is 0 Å². The average Bonchev–Trinajstić information content (AvgIpc) is 3.73. The second-order valence-electron chi connectivity index (χ2n) is 11.3. The van der Waals surface area contributed by atoms with Crippen LogP contribution in [-0.2, 0) is 37.4 Å². The number of methoxy groups -OCH3 is 1. The van der Waals surface area contributed by atoms with Crippen molar-refractivity contribution in [2.24, 2.45) is 0 Å². The van der Waals surface area contributed by atoms with E-state index in [2.05, 4.69) is 50.1 Å². The van der Waals surface area contributed by atoms with Crippen LogP contribution in [0.25, 0.3) is 22.9 Å². The van der Waals surface area contributed by atoms with Gasteiger partial charge in [-0.25, -0.2) is 14.8 Å². The number of esters is 1. The first-order chi connectivity index (χ1) is 26.6. The Bertz CT molecular complexity index is 2330. The Morgan fingerprint density at radius 2 is 1.71 bits per heavy atom. The van der Waals surface area contributed by atoms with E-state index in [1.165, 1.54) is 25.6 Å². The lowest BCUT2D eigenvalue weighted by Gasteiger charge is -2.18. The standard InChI is InChI=1S/C34H32N10O10S/c1-21-7-12-28(36-19-21)55(48,49)41-33-30(54-27-6-4-3-5-26(27)50-2)34(38-31(37-33)24-13-14-35-25(18-24)32-39-42-43-40-32)52-16-15-51-29(45)17-22-8-10-23(11-9-22)20-53-44(46)47/h3-14,18-19,46-47H,15-17,20H2,1-2H3,(H,37,38,41)(H,39,40,42,43). The fourth-order valence-corrected chi connectivity index (χ4v) is 5.72. The van der Waals surface area contributed by atoms with Gasteiger partial charge in [0.25, 0.3) is 15.9 Å². The molecular weight excluding hydrogens is 741 g/mol. The van der Waals surface area contributed by atoms with Crippen molar-refractivity contribution in [3.8, 4) is 46.0 Å². The summed E-state index contributed by atoms with van der Waals surface area (Å²) in [5.41, 5.74) is 2.69. The number of rotatable bonds is 17. The molecule has 0 fully saturated rings. The number of pyridine rings is 2. The minimum Gasteiger partial charge on any atom is -0.493 e. The quantitative estimate of drug-likeness (QED) is 0.0585. The number of H-pyrrole nitrogens is 1. The van der Waals surface area contributed by atoms with Gasteiger partial charge in [-0.1, -0.05) is 42.5 Å². The number of tetrazole rings is 1. The van der Waals surface area contributed by atoms with Crippen molar-refractivity contribution in [3.63, 3.8) is 0 Å². The van der Waals surface area contributed by atoms with Gasteiger partial charge < -0.3 is 18.9 Å². The lowest BCUT2D eigenvalue weighted by atomic mass is 10.1. The van der Waals surface area contributed by atoms with Gasteiger partial charge in [0.2, 0.25) is 11.6 Å². The molecule has 21 heteroatoms. The van der Waals surface area contributed by atoms with Crippen LogP contribution in [0.15, 0.2) is 90.2 Å². The zero-order chi connectivity index (χ0) is 38.8. The Labute approximate surface area is 312 Å². The first-order valence-corrected chi connectivity index (χ1v) is 17.6. The van der Waals surface area contributed by atoms with Gasteiger partial charge in [0.15, 0.2) is 28.2 Å². The Hall–Kier alpha value is -6.65. The van der Waals surface area contributed by atoms with Gasteiger partial charge in [-0.05, 0) is 59.2 Å². The van der Waals surface area contributed by atoms with Gasteiger partial charge in [0.05, 0.1) is 25.5 Å². The molecule has 0 saturated carbocycles. The number of para-hydroxylation sites is 2. The number of aromatic amines is 1. The largest absolute Gasteiger partial charge is 0.493 e. The van der Waals surface area contributed by atoms with E-state index >= 15 is 0 Å². The number of nitrogens with one attached hydrogen (secondary N) is 2. The monoisotopic (exact) mass is 772 g/mol. The molecule has 0 atom stereocenters. The van der Waals surface area contributed by atoms with Crippen LogP contribution in [-0.4, -0.2) is 91.1 Å². The molecule has 0 unspecified atom stereocenters. The first kappa shape index (κ1) is 38.1. The highest BCUT2D eigenvalue weighted by atomic mass is 32.2. The SMILES string of the molecule is COc1ccccc1Oc1c(NS(=O)(=O)c2ccc(C)cn2)nc(-c2ccnc(-c3nn[nH]n3)c2)nc1OCCOC(=O)Cc1ccc(CON(O)O)cc1. The molecule has 0 bridgehead atoms. The Morgan fingerprint density at radius 3 is 2.42 bits per heavy atom. The van der Waals surface area contributed by atoms with E-state index in [4.69, 9.17) is 29.4 Å². The third-order valence-electron chi connectivity index (χ3n) is 7.40. The van der Waals surface area contributed by atoms with Crippen LogP contribution in [0.1, 0.15) is 16.7 Å². The summed E-state index contributed by atoms with van der Waals surface area (Å²) >= 11 is 0. The normalized spacial score (nSPS) is 11.3. The fourth-order valence-electron chi connectivity index (χ4n) is 4.78. The van der Waals surface area contributed by atoms with Crippen molar-refractivity contribution < 1.29 is 47.4 Å². The molecule has 284 valence electrons. The fraction of sp³-hybridized carbons (Fsp3) is 0.176. The van der Waals surface area contributed by atoms with Crippen LogP contribution in [0.5, 0.6) is 23.1 Å². The summed E-state index contributed by atoms with van der Waals surface area (Å²) in [5.74, 6) is -0.682. The number of carbonyl (C=O) groups is 1. The van der Waals surface area contributed by atoms with E-state index in [-0.39, 0.29) is 66.1 Å². The van der Waals surface area contributed by atoms with Gasteiger partial charge in [-0.2, -0.15) is 18.6 Å². The number of carbonyl (C=O) groups excluding carboxylic acids is 1. The lowest BCUT2D eigenvalue weighted by molar-refractivity contribution is -0.497. The van der Waals surface area contributed by atoms with E-state index in [1.54, 1.807) is 73.7 Å². The van der Waals surface area contributed by atoms with Crippen LogP contribution in [0.3, 0.4) is 0 Å². The summed E-state index contributed by atoms with van der Waals surface area (Å²) in [4.78, 5) is 34.7. The predicted molar refractivity (Wildman–Crippen MR) is 188 cm³/mol. The zero-order valence-corrected chi connectivity index (χ0v) is 29.9. The Balaban J connectivity index is 1.31. The minimum absolute atomic E-state index is 0.0133. The minimum atomic E-state index is -4.36. The molecule has 0 aliphatic rings. The van der Waals surface area contributed by atoms with Gasteiger partial charge in [-0.3, -0.25) is 24.9 Å². The van der Waals surface area contributed by atoms with Gasteiger partial charge >= 0.3 is 5.97 Å². The third-order valence-corrected chi connectivity index (χ3v) is 8.66. The van der Waals surface area contributed by atoms with Crippen molar-refractivity contribution >= 4 is 21.8 Å². The highest BCUT2D eigenvalue weighted by Crippen LogP contribution is 2.41. The molecule has 4 heterocycles. The summed E-state index contributed by atoms with van der Waals surface area (Å²) in [5, 5.41) is 30.6. The molecule has 0 aliphatic heterocycles. The molecule has 6 rings (SSSR count). The van der Waals surface area contributed by atoms with Gasteiger partial charge in [0.1, 0.15) is 18.9 Å². The molecule has 6 aromatic rings. The summed E-state index contributed by atoms with van der Waals surface area (Å²) in [7, 11) is -2.92. The molecule has 2 aromatic carbocycles. The maximum Gasteiger partial charge on any atom is 0.310 e. The van der Waals surface area contributed by atoms with E-state index < -0.39 is 21.4 Å². The highest BCUT2D eigenvalue weighted by molar-refractivity contribution is 7.92. The summed E-state index contributed by atoms with van der Waals surface area (Å²) in [6.45, 7) is 1.20. The number of aromatic nitrogens is 8. The Kier molecular flexibility index (Phi) is 12.1. The van der Waals surface area contributed by atoms with Gasteiger partial charge in [0, 0.05) is 18.0 Å². The summed E-state index contributed by atoms with van der Waals surface area (Å²) in [6.07, 6.45) is 2.80. The van der Waals surface area contributed by atoms with Crippen molar-refractivity contribution in [3.05, 3.63) is 102 Å². The number of hydrogen-bond acceptors (Lipinski definition) is 18. The lowest BCUT2D eigenvalue weighted by Crippen LogP contribution is -2.18. The molecule has 55 heavy (non-hydrogen) atoms. The molecule has 20 nitrogen and oxygen atoms in total. The number of benzene rings is 2. The third kappa shape index (κ3) is 10.1. The van der Waals surface area contributed by atoms with Crippen LogP contribution in [0.4, 0.5) is 5.82 Å². The number of ether oxygens (including phenoxy) is 4. The summed E-state index contributed by atoms with van der Waals surface area (Å²) < 4.78 is 53.0. The second kappa shape index (κ2) is 17.5. The number of sulfonamides is 1. The van der Waals surface area contributed by atoms with Crippen molar-refractivity contribution in [2.45, 2.75) is 25.0 Å². The highest BCUT2D eigenvalue weighted by Gasteiger charge is 2.26. The second-order valence-corrected chi connectivity index (χ2v) is 12.9.